The van der Waals surface area contributed by atoms with Crippen LogP contribution in [0, 0.1) is 0 Å². The number of fused-ring (bicyclic) bond motifs is 2. The minimum atomic E-state index is -0.0727. The first-order valence-electron chi connectivity index (χ1n) is 9.84. The number of hydrogen-bond acceptors (Lipinski definition) is 5. The van der Waals surface area contributed by atoms with Gasteiger partial charge in [-0.1, -0.05) is 26.8 Å². The van der Waals surface area contributed by atoms with Crippen LogP contribution in [0.15, 0.2) is 38.5 Å². The maximum absolute atomic E-state index is 12.9. The molecule has 3 aromatic rings. The van der Waals surface area contributed by atoms with Crippen LogP contribution in [0.3, 0.4) is 0 Å². The molecule has 6 heteroatoms. The van der Waals surface area contributed by atoms with Crippen molar-refractivity contribution in [3.63, 3.8) is 0 Å². The Hall–Kier alpha value is -2.73. The Labute approximate surface area is 163 Å². The van der Waals surface area contributed by atoms with E-state index in [1.165, 1.54) is 0 Å². The van der Waals surface area contributed by atoms with Crippen molar-refractivity contribution in [3.8, 4) is 0 Å². The van der Waals surface area contributed by atoms with Crippen LogP contribution in [0.1, 0.15) is 54.9 Å². The normalized spacial score (nSPS) is 14.6. The second-order valence-corrected chi connectivity index (χ2v) is 7.77. The van der Waals surface area contributed by atoms with Gasteiger partial charge < -0.3 is 9.40 Å². The van der Waals surface area contributed by atoms with Crippen LogP contribution in [0.25, 0.3) is 11.0 Å². The Morgan fingerprint density at radius 3 is 2.86 bits per heavy atom. The monoisotopic (exact) mass is 379 g/mol. The first kappa shape index (κ1) is 18.6. The van der Waals surface area contributed by atoms with Gasteiger partial charge in [-0.05, 0) is 24.1 Å². The van der Waals surface area contributed by atoms with Crippen molar-refractivity contribution in [2.75, 3.05) is 6.54 Å². The average molecular weight is 379 g/mol. The summed E-state index contributed by atoms with van der Waals surface area (Å²) in [6.45, 7) is 7.80. The lowest BCUT2D eigenvalue weighted by Crippen LogP contribution is -2.36. The van der Waals surface area contributed by atoms with Crippen LogP contribution < -0.4 is 11.0 Å². The quantitative estimate of drug-likeness (QED) is 0.753. The minimum Gasteiger partial charge on any atom is -0.464 e. The third kappa shape index (κ3) is 3.40. The maximum Gasteiger partial charge on any atom is 0.255 e. The highest BCUT2D eigenvalue weighted by atomic mass is 16.3. The van der Waals surface area contributed by atoms with Crippen LogP contribution in [-0.2, 0) is 25.9 Å². The lowest BCUT2D eigenvalue weighted by Gasteiger charge is -2.27. The molecular weight excluding hydrogens is 354 g/mol. The summed E-state index contributed by atoms with van der Waals surface area (Å²) < 4.78 is 5.69. The topological polar surface area (TPSA) is 79.2 Å². The predicted octanol–water partition coefficient (Wildman–Crippen LogP) is 3.12. The maximum atomic E-state index is 12.9. The molecule has 28 heavy (non-hydrogen) atoms. The number of benzene rings is 1. The van der Waals surface area contributed by atoms with E-state index < -0.39 is 0 Å². The minimum absolute atomic E-state index is 0.00420. The van der Waals surface area contributed by atoms with Gasteiger partial charge >= 0.3 is 0 Å². The molecule has 4 rings (SSSR count). The van der Waals surface area contributed by atoms with E-state index in [-0.39, 0.29) is 16.9 Å². The number of aromatic nitrogens is 2. The molecule has 0 amide bonds. The summed E-state index contributed by atoms with van der Waals surface area (Å²) in [5, 5.41) is 0.621. The Bertz CT molecular complexity index is 1140. The predicted molar refractivity (Wildman–Crippen MR) is 109 cm³/mol. The van der Waals surface area contributed by atoms with Crippen LogP contribution in [0.5, 0.6) is 0 Å². The summed E-state index contributed by atoms with van der Waals surface area (Å²) in [4.78, 5) is 35.1. The van der Waals surface area contributed by atoms with E-state index in [0.717, 1.165) is 30.0 Å². The molecule has 1 aliphatic heterocycles. The molecule has 0 atom stereocenters. The van der Waals surface area contributed by atoms with Gasteiger partial charge in [0.05, 0.1) is 22.9 Å². The van der Waals surface area contributed by atoms with Crippen molar-refractivity contribution in [3.05, 3.63) is 73.2 Å². The number of nitrogens with zero attached hydrogens (tertiary/aromatic N) is 2. The van der Waals surface area contributed by atoms with Gasteiger partial charge in [0, 0.05) is 37.5 Å². The first-order valence-corrected chi connectivity index (χ1v) is 9.84. The number of hydrogen-bond donors (Lipinski definition) is 1. The smallest absolute Gasteiger partial charge is 0.255 e. The van der Waals surface area contributed by atoms with E-state index in [1.54, 1.807) is 6.26 Å². The Morgan fingerprint density at radius 1 is 1.29 bits per heavy atom. The highest BCUT2D eigenvalue weighted by Crippen LogP contribution is 2.19. The molecule has 1 aromatic carbocycles. The molecule has 0 fully saturated rings. The molecule has 0 spiro atoms. The van der Waals surface area contributed by atoms with Crippen molar-refractivity contribution < 1.29 is 4.42 Å². The molecule has 0 radical (unpaired) electrons. The lowest BCUT2D eigenvalue weighted by molar-refractivity contribution is 0.239. The van der Waals surface area contributed by atoms with Gasteiger partial charge in [0.2, 0.25) is 0 Å². The van der Waals surface area contributed by atoms with Gasteiger partial charge in [0.15, 0.2) is 5.43 Å². The van der Waals surface area contributed by atoms with E-state index in [1.807, 2.05) is 32.0 Å². The number of rotatable bonds is 4. The standard InChI is InChI=1S/C22H25N3O3/c1-4-14-5-6-19-16(9-14)20(26)15(12-28-19)10-25-8-7-18-17(11-25)22(27)24-21(23-18)13(2)3/h5-6,9,12-13H,4,7-8,10-11H2,1-3H3,(H,23,24,27). The second-order valence-electron chi connectivity index (χ2n) is 7.77. The van der Waals surface area contributed by atoms with Crippen LogP contribution in [0.4, 0.5) is 0 Å². The highest BCUT2D eigenvalue weighted by molar-refractivity contribution is 5.77. The fourth-order valence-electron chi connectivity index (χ4n) is 3.70. The zero-order valence-corrected chi connectivity index (χ0v) is 16.5. The Kier molecular flexibility index (Phi) is 4.89. The fourth-order valence-corrected chi connectivity index (χ4v) is 3.70. The van der Waals surface area contributed by atoms with Crippen LogP contribution in [-0.4, -0.2) is 21.4 Å². The highest BCUT2D eigenvalue weighted by Gasteiger charge is 2.23. The van der Waals surface area contributed by atoms with E-state index >= 15 is 0 Å². The average Bonchev–Trinajstić information content (AvgIpc) is 2.70. The number of aromatic amines is 1. The van der Waals surface area contributed by atoms with Crippen molar-refractivity contribution in [1.29, 1.82) is 0 Å². The largest absolute Gasteiger partial charge is 0.464 e. The summed E-state index contributed by atoms with van der Waals surface area (Å²) >= 11 is 0. The molecule has 0 unspecified atom stereocenters. The molecule has 0 aliphatic carbocycles. The first-order chi connectivity index (χ1) is 13.5. The summed E-state index contributed by atoms with van der Waals surface area (Å²) in [6, 6.07) is 5.75. The Morgan fingerprint density at radius 2 is 2.11 bits per heavy atom. The van der Waals surface area contributed by atoms with Gasteiger partial charge in [-0.15, -0.1) is 0 Å². The zero-order chi connectivity index (χ0) is 19.8. The van der Waals surface area contributed by atoms with Gasteiger partial charge in [0.1, 0.15) is 11.4 Å². The van der Waals surface area contributed by atoms with E-state index in [4.69, 9.17) is 4.42 Å². The van der Waals surface area contributed by atoms with E-state index in [0.29, 0.717) is 41.6 Å². The van der Waals surface area contributed by atoms with Gasteiger partial charge in [-0.3, -0.25) is 14.5 Å². The second kappa shape index (κ2) is 7.36. The molecule has 3 heterocycles. The molecule has 2 aromatic heterocycles. The zero-order valence-electron chi connectivity index (χ0n) is 16.5. The van der Waals surface area contributed by atoms with Gasteiger partial charge in [0.25, 0.3) is 5.56 Å². The fraction of sp³-hybridized carbons (Fsp3) is 0.409. The van der Waals surface area contributed by atoms with E-state index in [2.05, 4.69) is 21.8 Å². The van der Waals surface area contributed by atoms with Crippen molar-refractivity contribution in [2.45, 2.75) is 52.6 Å². The van der Waals surface area contributed by atoms with Crippen molar-refractivity contribution >= 4 is 11.0 Å². The summed E-state index contributed by atoms with van der Waals surface area (Å²) in [5.41, 5.74) is 3.85. The van der Waals surface area contributed by atoms with E-state index in [9.17, 15) is 9.59 Å². The van der Waals surface area contributed by atoms with Gasteiger partial charge in [-0.25, -0.2) is 4.98 Å². The number of nitrogens with one attached hydrogen (secondary N) is 1. The summed E-state index contributed by atoms with van der Waals surface area (Å²) in [5.74, 6) is 0.922. The molecule has 6 nitrogen and oxygen atoms in total. The molecule has 1 N–H and O–H groups in total. The SMILES string of the molecule is CCc1ccc2occ(CN3CCc4nc(C(C)C)[nH]c(=O)c4C3)c(=O)c2c1. The van der Waals surface area contributed by atoms with Crippen LogP contribution in [0.2, 0.25) is 0 Å². The Balaban J connectivity index is 1.62. The molecule has 1 aliphatic rings. The van der Waals surface area contributed by atoms with Crippen molar-refractivity contribution in [1.82, 2.24) is 14.9 Å². The number of aryl methyl sites for hydroxylation is 1. The molecule has 0 bridgehead atoms. The molecule has 0 saturated carbocycles. The summed E-state index contributed by atoms with van der Waals surface area (Å²) in [6.07, 6.45) is 3.13. The van der Waals surface area contributed by atoms with Crippen molar-refractivity contribution in [2.24, 2.45) is 0 Å². The molecule has 0 saturated heterocycles. The third-order valence-corrected chi connectivity index (χ3v) is 5.42. The van der Waals surface area contributed by atoms with Crippen LogP contribution >= 0.6 is 0 Å². The van der Waals surface area contributed by atoms with Gasteiger partial charge in [-0.2, -0.15) is 0 Å². The summed E-state index contributed by atoms with van der Waals surface area (Å²) in [7, 11) is 0. The molecule has 146 valence electrons. The molecular formula is C22H25N3O3. The number of H-pyrrole nitrogens is 1. The lowest BCUT2D eigenvalue weighted by atomic mass is 10.0. The third-order valence-electron chi connectivity index (χ3n) is 5.42.